The van der Waals surface area contributed by atoms with Gasteiger partial charge in [0.1, 0.15) is 24.7 Å². The Kier molecular flexibility index (Phi) is 8.51. The third kappa shape index (κ3) is 6.28. The molecular formula is C28H38O7Si. The smallest absolute Gasteiger partial charge is 0.324 e. The first kappa shape index (κ1) is 27.7. The molecule has 0 saturated heterocycles. The van der Waals surface area contributed by atoms with Crippen molar-refractivity contribution < 1.29 is 33.0 Å². The molecule has 0 bridgehead atoms. The molecular weight excluding hydrogens is 476 g/mol. The van der Waals surface area contributed by atoms with Gasteiger partial charge in [0.05, 0.1) is 14.2 Å². The molecule has 1 aliphatic carbocycles. The molecule has 0 N–H and O–H groups in total. The van der Waals surface area contributed by atoms with Crippen molar-refractivity contribution in [3.05, 3.63) is 59.7 Å². The number of methoxy groups -OCH3 is 2. The van der Waals surface area contributed by atoms with E-state index in [4.69, 9.17) is 23.4 Å². The number of esters is 2. The molecule has 1 saturated carbocycles. The van der Waals surface area contributed by atoms with E-state index in [1.54, 1.807) is 38.5 Å². The first-order chi connectivity index (χ1) is 16.9. The molecule has 0 aromatic heterocycles. The number of rotatable bonds is 10. The van der Waals surface area contributed by atoms with E-state index in [9.17, 15) is 9.59 Å². The molecule has 1 fully saturated rings. The van der Waals surface area contributed by atoms with E-state index in [-0.39, 0.29) is 37.2 Å². The van der Waals surface area contributed by atoms with Crippen LogP contribution in [0.1, 0.15) is 44.7 Å². The summed E-state index contributed by atoms with van der Waals surface area (Å²) in [5.41, 5.74) is 0.241. The maximum absolute atomic E-state index is 13.3. The van der Waals surface area contributed by atoms with Crippen LogP contribution in [-0.2, 0) is 36.7 Å². The first-order valence-corrected chi connectivity index (χ1v) is 15.1. The Balaban J connectivity index is 1.70. The van der Waals surface area contributed by atoms with Crippen molar-refractivity contribution >= 4 is 20.3 Å². The molecule has 0 heterocycles. The van der Waals surface area contributed by atoms with Gasteiger partial charge in [0.15, 0.2) is 13.7 Å². The van der Waals surface area contributed by atoms with Crippen LogP contribution in [0.4, 0.5) is 0 Å². The maximum Gasteiger partial charge on any atom is 0.324 e. The van der Waals surface area contributed by atoms with Gasteiger partial charge in [-0.1, -0.05) is 45.0 Å². The van der Waals surface area contributed by atoms with Crippen molar-refractivity contribution in [2.45, 2.75) is 71.1 Å². The fourth-order valence-corrected chi connectivity index (χ4v) is 5.18. The topological polar surface area (TPSA) is 80.3 Å². The predicted octanol–water partition coefficient (Wildman–Crippen LogP) is 5.66. The van der Waals surface area contributed by atoms with Gasteiger partial charge in [0.2, 0.25) is 0 Å². The standard InChI is InChI=1S/C28H38O7Si/c1-27(2,3)36(6,7)35-24-16-28(17-24,25(29)33-18-20-8-12-22(31-4)13-9-20)26(30)34-19-21-10-14-23(32-5)15-11-21/h8-15,24H,16-19H2,1-7H3. The van der Waals surface area contributed by atoms with Crippen LogP contribution in [0, 0.1) is 5.41 Å². The lowest BCUT2D eigenvalue weighted by Crippen LogP contribution is -2.58. The highest BCUT2D eigenvalue weighted by Crippen LogP contribution is 2.49. The largest absolute Gasteiger partial charge is 0.497 e. The Morgan fingerprint density at radius 1 is 0.806 bits per heavy atom. The molecule has 8 heteroatoms. The molecule has 0 atom stereocenters. The van der Waals surface area contributed by atoms with Crippen LogP contribution >= 0.6 is 0 Å². The quantitative estimate of drug-likeness (QED) is 0.230. The summed E-state index contributed by atoms with van der Waals surface area (Å²) >= 11 is 0. The van der Waals surface area contributed by atoms with Gasteiger partial charge in [-0.3, -0.25) is 9.59 Å². The highest BCUT2D eigenvalue weighted by Gasteiger charge is 2.60. The minimum absolute atomic E-state index is 0.0228. The van der Waals surface area contributed by atoms with E-state index in [0.717, 1.165) is 11.1 Å². The van der Waals surface area contributed by atoms with Crippen molar-refractivity contribution in [1.29, 1.82) is 0 Å². The normalized spacial score (nSPS) is 15.5. The van der Waals surface area contributed by atoms with Crippen molar-refractivity contribution in [3.8, 4) is 11.5 Å². The van der Waals surface area contributed by atoms with Gasteiger partial charge in [-0.25, -0.2) is 0 Å². The maximum atomic E-state index is 13.3. The molecule has 36 heavy (non-hydrogen) atoms. The van der Waals surface area contributed by atoms with Crippen LogP contribution in [0.3, 0.4) is 0 Å². The molecule has 3 rings (SSSR count). The minimum atomic E-state index is -2.06. The molecule has 196 valence electrons. The summed E-state index contributed by atoms with van der Waals surface area (Å²) in [6, 6.07) is 14.5. The Bertz CT molecular complexity index is 968. The summed E-state index contributed by atoms with van der Waals surface area (Å²) < 4.78 is 28.0. The van der Waals surface area contributed by atoms with Gasteiger partial charge in [0.25, 0.3) is 0 Å². The molecule has 0 amide bonds. The van der Waals surface area contributed by atoms with E-state index in [1.807, 2.05) is 24.3 Å². The molecule has 1 aliphatic rings. The monoisotopic (exact) mass is 514 g/mol. The predicted molar refractivity (Wildman–Crippen MR) is 139 cm³/mol. The zero-order chi connectivity index (χ0) is 26.6. The number of ether oxygens (including phenoxy) is 4. The fourth-order valence-electron chi connectivity index (χ4n) is 3.83. The summed E-state index contributed by atoms with van der Waals surface area (Å²) in [5, 5.41) is 0.0228. The van der Waals surface area contributed by atoms with Gasteiger partial charge in [-0.05, 0) is 66.4 Å². The third-order valence-electron chi connectivity index (χ3n) is 7.26. The highest BCUT2D eigenvalue weighted by molar-refractivity contribution is 6.74. The zero-order valence-electron chi connectivity index (χ0n) is 22.4. The summed E-state index contributed by atoms with van der Waals surface area (Å²) in [4.78, 5) is 26.6. The Morgan fingerprint density at radius 3 is 1.53 bits per heavy atom. The first-order valence-electron chi connectivity index (χ1n) is 12.2. The van der Waals surface area contributed by atoms with Gasteiger partial charge in [-0.15, -0.1) is 0 Å². The molecule has 0 aliphatic heterocycles. The van der Waals surface area contributed by atoms with E-state index >= 15 is 0 Å². The molecule has 0 spiro atoms. The van der Waals surface area contributed by atoms with Crippen LogP contribution in [0.15, 0.2) is 48.5 Å². The number of benzene rings is 2. The van der Waals surface area contributed by atoms with Gasteiger partial charge >= 0.3 is 11.9 Å². The lowest BCUT2D eigenvalue weighted by atomic mass is 9.66. The molecule has 0 radical (unpaired) electrons. The summed E-state index contributed by atoms with van der Waals surface area (Å²) in [6.45, 7) is 10.9. The molecule has 7 nitrogen and oxygen atoms in total. The lowest BCUT2D eigenvalue weighted by Gasteiger charge is -2.48. The Hall–Kier alpha value is -2.84. The van der Waals surface area contributed by atoms with Crippen LogP contribution in [0.5, 0.6) is 11.5 Å². The molecule has 2 aromatic carbocycles. The van der Waals surface area contributed by atoms with Crippen molar-refractivity contribution in [2.24, 2.45) is 5.41 Å². The number of carbonyl (C=O) groups excluding carboxylic acids is 2. The molecule has 2 aromatic rings. The Labute approximate surface area is 215 Å². The summed E-state index contributed by atoms with van der Waals surface area (Å²) in [7, 11) is 1.13. The van der Waals surface area contributed by atoms with Crippen LogP contribution in [-0.4, -0.2) is 40.6 Å². The third-order valence-corrected chi connectivity index (χ3v) is 11.8. The van der Waals surface area contributed by atoms with E-state index < -0.39 is 25.7 Å². The zero-order valence-corrected chi connectivity index (χ0v) is 23.4. The Morgan fingerprint density at radius 2 is 1.19 bits per heavy atom. The SMILES string of the molecule is COc1ccc(COC(=O)C2(C(=O)OCc3ccc(OC)cc3)CC(O[Si](C)(C)C(C)(C)C)C2)cc1. The van der Waals surface area contributed by atoms with Crippen molar-refractivity contribution in [1.82, 2.24) is 0 Å². The van der Waals surface area contributed by atoms with Gasteiger partial charge in [0, 0.05) is 6.10 Å². The number of hydrogen-bond donors (Lipinski definition) is 0. The van der Waals surface area contributed by atoms with E-state index in [1.165, 1.54) is 0 Å². The summed E-state index contributed by atoms with van der Waals surface area (Å²) in [6.07, 6.45) is 0.318. The highest BCUT2D eigenvalue weighted by atomic mass is 28.4. The average molecular weight is 515 g/mol. The minimum Gasteiger partial charge on any atom is -0.497 e. The van der Waals surface area contributed by atoms with Crippen LogP contribution < -0.4 is 9.47 Å². The second-order valence-corrected chi connectivity index (χ2v) is 15.6. The second-order valence-electron chi connectivity index (χ2n) is 10.8. The number of hydrogen-bond acceptors (Lipinski definition) is 7. The van der Waals surface area contributed by atoms with Gasteiger partial charge < -0.3 is 23.4 Å². The van der Waals surface area contributed by atoms with Gasteiger partial charge in [-0.2, -0.15) is 0 Å². The second kappa shape index (κ2) is 11.0. The van der Waals surface area contributed by atoms with Crippen molar-refractivity contribution in [2.75, 3.05) is 14.2 Å². The average Bonchev–Trinajstić information content (AvgIpc) is 2.82. The van der Waals surface area contributed by atoms with Crippen LogP contribution in [0.25, 0.3) is 0 Å². The van der Waals surface area contributed by atoms with E-state index in [2.05, 4.69) is 33.9 Å². The number of carbonyl (C=O) groups is 2. The van der Waals surface area contributed by atoms with Crippen LogP contribution in [0.2, 0.25) is 18.1 Å². The lowest BCUT2D eigenvalue weighted by molar-refractivity contribution is -0.189. The molecule has 0 unspecified atom stereocenters. The fraction of sp³-hybridized carbons (Fsp3) is 0.500. The van der Waals surface area contributed by atoms with E-state index in [0.29, 0.717) is 11.5 Å². The summed E-state index contributed by atoms with van der Waals surface area (Å²) in [5.74, 6) is 0.280. The van der Waals surface area contributed by atoms with Crippen molar-refractivity contribution in [3.63, 3.8) is 0 Å².